The topological polar surface area (TPSA) is 63.1 Å². The van der Waals surface area contributed by atoms with E-state index in [-0.39, 0.29) is 11.9 Å². The van der Waals surface area contributed by atoms with Gasteiger partial charge in [-0.05, 0) is 50.3 Å². The van der Waals surface area contributed by atoms with Crippen LogP contribution in [0.25, 0.3) is 0 Å². The molecular formula is C20H27N5O. The number of carbonyl (C=O) groups excluding carboxylic acids is 1. The van der Waals surface area contributed by atoms with Crippen molar-refractivity contribution in [2.75, 3.05) is 18.4 Å². The Labute approximate surface area is 154 Å². The molecule has 1 aromatic heterocycles. The number of hydrogen-bond acceptors (Lipinski definition) is 3. The van der Waals surface area contributed by atoms with Crippen molar-refractivity contribution in [2.24, 2.45) is 0 Å². The first kappa shape index (κ1) is 17.1. The minimum Gasteiger partial charge on any atom is -0.324 e. The maximum absolute atomic E-state index is 12.7. The molecule has 0 bridgehead atoms. The van der Waals surface area contributed by atoms with E-state index in [1.807, 2.05) is 36.1 Å². The van der Waals surface area contributed by atoms with Crippen molar-refractivity contribution in [2.45, 2.75) is 57.9 Å². The van der Waals surface area contributed by atoms with Crippen LogP contribution in [0, 0.1) is 6.92 Å². The van der Waals surface area contributed by atoms with E-state index in [2.05, 4.69) is 20.1 Å². The number of likely N-dealkylation sites (tertiary alicyclic amines) is 1. The first-order valence-corrected chi connectivity index (χ1v) is 9.75. The van der Waals surface area contributed by atoms with Crippen LogP contribution in [0.1, 0.15) is 55.2 Å². The molecule has 2 aliphatic rings. The number of rotatable bonds is 2. The van der Waals surface area contributed by atoms with E-state index in [4.69, 9.17) is 0 Å². The number of aromatic nitrogens is 3. The zero-order chi connectivity index (χ0) is 17.9. The standard InChI is InChI=1S/C20H27N5O/c1-15-7-5-9-17(13-15)21-20(26)24-11-6-8-16(14-24)19-23-22-18-10-3-2-4-12-25(18)19/h5,7,9,13,16H,2-4,6,8,10-12,14H2,1H3,(H,21,26). The summed E-state index contributed by atoms with van der Waals surface area (Å²) >= 11 is 0. The normalized spacial score (nSPS) is 20.3. The predicted octanol–water partition coefficient (Wildman–Crippen LogP) is 3.72. The van der Waals surface area contributed by atoms with Crippen molar-refractivity contribution in [1.82, 2.24) is 19.7 Å². The second-order valence-electron chi connectivity index (χ2n) is 7.52. The number of piperidine rings is 1. The van der Waals surface area contributed by atoms with Crippen LogP contribution in [0.4, 0.5) is 10.5 Å². The van der Waals surface area contributed by atoms with Crippen LogP contribution in [0.15, 0.2) is 24.3 Å². The number of hydrogen-bond donors (Lipinski definition) is 1. The lowest BCUT2D eigenvalue weighted by atomic mass is 9.97. The molecular weight excluding hydrogens is 326 g/mol. The Hall–Kier alpha value is -2.37. The molecule has 4 rings (SSSR count). The summed E-state index contributed by atoms with van der Waals surface area (Å²) in [6.45, 7) is 4.57. The third-order valence-electron chi connectivity index (χ3n) is 5.48. The van der Waals surface area contributed by atoms with Gasteiger partial charge in [-0.25, -0.2) is 4.79 Å². The summed E-state index contributed by atoms with van der Waals surface area (Å²) in [6, 6.07) is 7.91. The summed E-state index contributed by atoms with van der Waals surface area (Å²) in [5, 5.41) is 12.0. The predicted molar refractivity (Wildman–Crippen MR) is 101 cm³/mol. The lowest BCUT2D eigenvalue weighted by Crippen LogP contribution is -2.42. The monoisotopic (exact) mass is 353 g/mol. The van der Waals surface area contributed by atoms with Gasteiger partial charge in [0.2, 0.25) is 0 Å². The minimum absolute atomic E-state index is 0.0177. The van der Waals surface area contributed by atoms with E-state index in [0.717, 1.165) is 61.8 Å². The smallest absolute Gasteiger partial charge is 0.321 e. The molecule has 6 nitrogen and oxygen atoms in total. The number of benzene rings is 1. The first-order chi connectivity index (χ1) is 12.7. The molecule has 0 radical (unpaired) electrons. The molecule has 0 spiro atoms. The molecule has 2 aliphatic heterocycles. The lowest BCUT2D eigenvalue weighted by molar-refractivity contribution is 0.190. The summed E-state index contributed by atoms with van der Waals surface area (Å²) in [5.74, 6) is 2.49. The summed E-state index contributed by atoms with van der Waals surface area (Å²) in [5.41, 5.74) is 2.00. The number of fused-ring (bicyclic) bond motifs is 1. The molecule has 6 heteroatoms. The van der Waals surface area contributed by atoms with Crippen molar-refractivity contribution >= 4 is 11.7 Å². The number of nitrogens with one attached hydrogen (secondary N) is 1. The zero-order valence-electron chi connectivity index (χ0n) is 15.4. The van der Waals surface area contributed by atoms with Gasteiger partial charge >= 0.3 is 6.03 Å². The Bertz CT molecular complexity index is 784. The van der Waals surface area contributed by atoms with E-state index in [0.29, 0.717) is 0 Å². The fourth-order valence-electron chi connectivity index (χ4n) is 4.11. The van der Waals surface area contributed by atoms with Gasteiger partial charge in [-0.2, -0.15) is 0 Å². The molecule has 0 saturated carbocycles. The second kappa shape index (κ2) is 7.48. The van der Waals surface area contributed by atoms with Gasteiger partial charge in [-0.15, -0.1) is 10.2 Å². The molecule has 0 aliphatic carbocycles. The molecule has 2 aromatic rings. The van der Waals surface area contributed by atoms with Crippen LogP contribution >= 0.6 is 0 Å². The third-order valence-corrected chi connectivity index (χ3v) is 5.48. The van der Waals surface area contributed by atoms with E-state index in [1.54, 1.807) is 0 Å². The van der Waals surface area contributed by atoms with Crippen LogP contribution in [-0.2, 0) is 13.0 Å². The Morgan fingerprint density at radius 3 is 2.96 bits per heavy atom. The number of nitrogens with zero attached hydrogens (tertiary/aromatic N) is 4. The largest absolute Gasteiger partial charge is 0.324 e. The average Bonchev–Trinajstić information content (AvgIpc) is 2.90. The van der Waals surface area contributed by atoms with Gasteiger partial charge in [0.05, 0.1) is 0 Å². The van der Waals surface area contributed by atoms with Gasteiger partial charge in [0.25, 0.3) is 0 Å². The summed E-state index contributed by atoms with van der Waals surface area (Å²) in [6.07, 6.45) is 6.77. The van der Waals surface area contributed by atoms with Gasteiger partial charge in [0.1, 0.15) is 11.6 Å². The van der Waals surface area contributed by atoms with Crippen molar-refractivity contribution in [3.63, 3.8) is 0 Å². The Balaban J connectivity index is 1.46. The highest BCUT2D eigenvalue weighted by Gasteiger charge is 2.29. The van der Waals surface area contributed by atoms with Gasteiger partial charge in [0, 0.05) is 37.7 Å². The highest BCUT2D eigenvalue weighted by atomic mass is 16.2. The number of carbonyl (C=O) groups is 1. The highest BCUT2D eigenvalue weighted by molar-refractivity contribution is 5.89. The SMILES string of the molecule is Cc1cccc(NC(=O)N2CCCC(c3nnc4n3CCCCC4)C2)c1. The van der Waals surface area contributed by atoms with Gasteiger partial charge in [-0.1, -0.05) is 18.6 Å². The molecule has 1 N–H and O–H groups in total. The molecule has 1 fully saturated rings. The van der Waals surface area contributed by atoms with Crippen molar-refractivity contribution in [1.29, 1.82) is 0 Å². The van der Waals surface area contributed by atoms with Crippen LogP contribution in [-0.4, -0.2) is 38.8 Å². The number of amides is 2. The van der Waals surface area contributed by atoms with Crippen molar-refractivity contribution in [3.05, 3.63) is 41.5 Å². The van der Waals surface area contributed by atoms with E-state index < -0.39 is 0 Å². The highest BCUT2D eigenvalue weighted by Crippen LogP contribution is 2.28. The number of urea groups is 1. The van der Waals surface area contributed by atoms with E-state index in [1.165, 1.54) is 19.3 Å². The van der Waals surface area contributed by atoms with Gasteiger partial charge in [0.15, 0.2) is 0 Å². The fourth-order valence-corrected chi connectivity index (χ4v) is 4.11. The summed E-state index contributed by atoms with van der Waals surface area (Å²) < 4.78 is 2.32. The molecule has 1 atom stereocenters. The van der Waals surface area contributed by atoms with Crippen LogP contribution in [0.2, 0.25) is 0 Å². The Kier molecular flexibility index (Phi) is 4.91. The maximum Gasteiger partial charge on any atom is 0.321 e. The van der Waals surface area contributed by atoms with Gasteiger partial charge in [-0.3, -0.25) is 0 Å². The lowest BCUT2D eigenvalue weighted by Gasteiger charge is -2.32. The van der Waals surface area contributed by atoms with Crippen LogP contribution in [0.5, 0.6) is 0 Å². The van der Waals surface area contributed by atoms with Crippen molar-refractivity contribution in [3.8, 4) is 0 Å². The molecule has 2 amide bonds. The quantitative estimate of drug-likeness (QED) is 0.895. The van der Waals surface area contributed by atoms with Crippen LogP contribution < -0.4 is 5.32 Å². The second-order valence-corrected chi connectivity index (χ2v) is 7.52. The molecule has 1 saturated heterocycles. The van der Waals surface area contributed by atoms with Gasteiger partial charge < -0.3 is 14.8 Å². The van der Waals surface area contributed by atoms with E-state index in [9.17, 15) is 4.79 Å². The van der Waals surface area contributed by atoms with E-state index >= 15 is 0 Å². The summed E-state index contributed by atoms with van der Waals surface area (Å²) in [4.78, 5) is 14.6. The Morgan fingerprint density at radius 2 is 2.08 bits per heavy atom. The molecule has 26 heavy (non-hydrogen) atoms. The molecule has 1 aromatic carbocycles. The Morgan fingerprint density at radius 1 is 1.15 bits per heavy atom. The van der Waals surface area contributed by atoms with Crippen molar-refractivity contribution < 1.29 is 4.79 Å². The molecule has 1 unspecified atom stereocenters. The number of aryl methyl sites for hydroxylation is 2. The number of anilines is 1. The zero-order valence-corrected chi connectivity index (χ0v) is 15.4. The molecule has 138 valence electrons. The molecule has 3 heterocycles. The first-order valence-electron chi connectivity index (χ1n) is 9.75. The van der Waals surface area contributed by atoms with Crippen LogP contribution in [0.3, 0.4) is 0 Å². The third kappa shape index (κ3) is 3.59. The maximum atomic E-state index is 12.7. The minimum atomic E-state index is -0.0177. The average molecular weight is 353 g/mol. The fraction of sp³-hybridized carbons (Fsp3) is 0.550. The summed E-state index contributed by atoms with van der Waals surface area (Å²) in [7, 11) is 0.